The van der Waals surface area contributed by atoms with Crippen molar-refractivity contribution >= 4 is 17.2 Å². The van der Waals surface area contributed by atoms with Gasteiger partial charge in [0.25, 0.3) is 5.91 Å². The molecule has 1 fully saturated rings. The Morgan fingerprint density at radius 1 is 1.27 bits per heavy atom. The fraction of sp³-hybridized carbons (Fsp3) is 0.550. The Morgan fingerprint density at radius 2 is 2.00 bits per heavy atom. The largest absolute Gasteiger partial charge is 0.346 e. The molecule has 1 N–H and O–H groups in total. The number of amides is 1. The number of hydrogen-bond donors (Lipinski definition) is 1. The summed E-state index contributed by atoms with van der Waals surface area (Å²) in [5.74, 6) is 0.559. The fourth-order valence-corrected chi connectivity index (χ4v) is 3.58. The zero-order chi connectivity index (χ0) is 18.5. The van der Waals surface area contributed by atoms with Crippen molar-refractivity contribution in [2.24, 2.45) is 5.92 Å². The summed E-state index contributed by atoms with van der Waals surface area (Å²) in [6, 6.07) is 8.85. The van der Waals surface area contributed by atoms with Crippen LogP contribution in [0.25, 0.3) is 0 Å². The van der Waals surface area contributed by atoms with Crippen molar-refractivity contribution in [2.45, 2.75) is 59.2 Å². The van der Waals surface area contributed by atoms with Crippen LogP contribution >= 0.6 is 11.3 Å². The minimum atomic E-state index is -0.144. The topological polar surface area (TPSA) is 58.1 Å². The molecule has 0 bridgehead atoms. The predicted molar refractivity (Wildman–Crippen MR) is 105 cm³/mol. The van der Waals surface area contributed by atoms with E-state index in [4.69, 9.17) is 0 Å². The number of nitrogens with one attached hydrogen (secondary N) is 1. The van der Waals surface area contributed by atoms with Gasteiger partial charge in [0.15, 0.2) is 0 Å². The van der Waals surface area contributed by atoms with Gasteiger partial charge >= 0.3 is 0 Å². The van der Waals surface area contributed by atoms with Gasteiger partial charge in [-0.1, -0.05) is 55.0 Å². The molecule has 1 aromatic heterocycles. The van der Waals surface area contributed by atoms with Gasteiger partial charge in [0, 0.05) is 12.6 Å². The van der Waals surface area contributed by atoms with E-state index in [0.717, 1.165) is 23.7 Å². The highest BCUT2D eigenvalue weighted by Crippen LogP contribution is 2.29. The zero-order valence-electron chi connectivity index (χ0n) is 15.9. The summed E-state index contributed by atoms with van der Waals surface area (Å²) >= 11 is 1.41. The van der Waals surface area contributed by atoms with Crippen molar-refractivity contribution in [3.05, 3.63) is 45.4 Å². The lowest BCUT2D eigenvalue weighted by atomic mass is 10.1. The average molecular weight is 373 g/mol. The van der Waals surface area contributed by atoms with Crippen LogP contribution in [0.3, 0.4) is 0 Å². The lowest BCUT2D eigenvalue weighted by Crippen LogP contribution is -2.27. The van der Waals surface area contributed by atoms with Crippen molar-refractivity contribution in [3.63, 3.8) is 0 Å². The van der Waals surface area contributed by atoms with Crippen molar-refractivity contribution in [2.75, 3.05) is 6.54 Å². The van der Waals surface area contributed by atoms with Crippen molar-refractivity contribution in [1.82, 2.24) is 20.4 Å². The van der Waals surface area contributed by atoms with Crippen molar-refractivity contribution < 1.29 is 4.79 Å². The minimum absolute atomic E-state index is 0.144. The summed E-state index contributed by atoms with van der Waals surface area (Å²) < 4.78 is 0. The number of rotatable bonds is 9. The van der Waals surface area contributed by atoms with E-state index in [1.165, 1.54) is 36.2 Å². The molecule has 0 atom stereocenters. The van der Waals surface area contributed by atoms with Gasteiger partial charge in [0.1, 0.15) is 5.01 Å². The maximum atomic E-state index is 12.3. The second kappa shape index (κ2) is 8.73. The van der Waals surface area contributed by atoms with Crippen LogP contribution in [0, 0.1) is 12.8 Å². The molecular formula is C20H28N4OS. The molecular weight excluding hydrogens is 344 g/mol. The first-order chi connectivity index (χ1) is 12.5. The molecule has 1 aliphatic rings. The van der Waals surface area contributed by atoms with E-state index in [-0.39, 0.29) is 5.91 Å². The zero-order valence-corrected chi connectivity index (χ0v) is 16.7. The van der Waals surface area contributed by atoms with Crippen LogP contribution < -0.4 is 5.32 Å². The highest BCUT2D eigenvalue weighted by molar-refractivity contribution is 7.13. The number of benzene rings is 1. The van der Waals surface area contributed by atoms with E-state index in [2.05, 4.69) is 41.2 Å². The fourth-order valence-electron chi connectivity index (χ4n) is 2.80. The predicted octanol–water partition coefficient (Wildman–Crippen LogP) is 3.79. The van der Waals surface area contributed by atoms with Gasteiger partial charge in [-0.05, 0) is 44.2 Å². The molecule has 0 saturated heterocycles. The van der Waals surface area contributed by atoms with E-state index >= 15 is 0 Å². The maximum Gasteiger partial charge on any atom is 0.282 e. The Morgan fingerprint density at radius 3 is 2.65 bits per heavy atom. The first kappa shape index (κ1) is 19.0. The van der Waals surface area contributed by atoms with Gasteiger partial charge < -0.3 is 5.32 Å². The Hall–Kier alpha value is -1.79. The van der Waals surface area contributed by atoms with Gasteiger partial charge in [-0.15, -0.1) is 10.2 Å². The summed E-state index contributed by atoms with van der Waals surface area (Å²) in [5, 5.41) is 12.7. The van der Waals surface area contributed by atoms with Crippen molar-refractivity contribution in [1.29, 1.82) is 0 Å². The summed E-state index contributed by atoms with van der Waals surface area (Å²) in [4.78, 5) is 14.8. The van der Waals surface area contributed by atoms with Gasteiger partial charge in [-0.25, -0.2) is 0 Å². The molecule has 6 heteroatoms. The summed E-state index contributed by atoms with van der Waals surface area (Å²) in [6.45, 7) is 8.98. The Kier molecular flexibility index (Phi) is 6.38. The highest BCUT2D eigenvalue weighted by atomic mass is 32.1. The van der Waals surface area contributed by atoms with Crippen LogP contribution in [0.1, 0.15) is 59.0 Å². The molecule has 1 amide bonds. The molecule has 1 heterocycles. The maximum absolute atomic E-state index is 12.3. The van der Waals surface area contributed by atoms with E-state index < -0.39 is 0 Å². The Labute approximate surface area is 159 Å². The normalized spacial score (nSPS) is 14.2. The number of carbonyl (C=O) groups is 1. The van der Waals surface area contributed by atoms with Gasteiger partial charge in [-0.2, -0.15) is 0 Å². The first-order valence-corrected chi connectivity index (χ1v) is 10.2. The van der Waals surface area contributed by atoms with Crippen LogP contribution in [0.2, 0.25) is 0 Å². The molecule has 0 unspecified atom stereocenters. The van der Waals surface area contributed by atoms with Gasteiger partial charge in [-0.3, -0.25) is 9.69 Å². The molecule has 1 aliphatic carbocycles. The third kappa shape index (κ3) is 5.61. The van der Waals surface area contributed by atoms with Gasteiger partial charge in [0.05, 0.1) is 6.54 Å². The lowest BCUT2D eigenvalue weighted by molar-refractivity contribution is 0.0950. The molecule has 0 radical (unpaired) electrons. The Bertz CT molecular complexity index is 722. The van der Waals surface area contributed by atoms with Crippen LogP contribution in [-0.2, 0) is 13.1 Å². The third-order valence-corrected chi connectivity index (χ3v) is 5.54. The van der Waals surface area contributed by atoms with E-state index in [1.54, 1.807) is 0 Å². The van der Waals surface area contributed by atoms with Crippen molar-refractivity contribution in [3.8, 4) is 0 Å². The number of carbonyl (C=O) groups excluding carboxylic acids is 1. The Balaban J connectivity index is 1.52. The number of nitrogens with zero attached hydrogens (tertiary/aromatic N) is 3. The standard InChI is InChI=1S/C20H28N4OS/c1-14(2)10-11-24(17-8-9-17)13-18-22-23-20(26-18)19(25)21-12-16-6-4-15(3)5-7-16/h4-7,14,17H,8-13H2,1-3H3,(H,21,25). The summed E-state index contributed by atoms with van der Waals surface area (Å²) in [7, 11) is 0. The summed E-state index contributed by atoms with van der Waals surface area (Å²) in [6.07, 6.45) is 3.75. The quantitative estimate of drug-likeness (QED) is 0.728. The second-order valence-corrected chi connectivity index (χ2v) is 8.62. The average Bonchev–Trinajstić information content (AvgIpc) is 3.36. The highest BCUT2D eigenvalue weighted by Gasteiger charge is 2.29. The molecule has 26 heavy (non-hydrogen) atoms. The van der Waals surface area contributed by atoms with Crippen LogP contribution in [0.4, 0.5) is 0 Å². The molecule has 3 rings (SSSR count). The molecule has 2 aromatic rings. The molecule has 1 aromatic carbocycles. The third-order valence-electron chi connectivity index (χ3n) is 4.63. The van der Waals surface area contributed by atoms with Gasteiger partial charge in [0.2, 0.25) is 5.01 Å². The van der Waals surface area contributed by atoms with Crippen LogP contribution in [-0.4, -0.2) is 33.6 Å². The van der Waals surface area contributed by atoms with E-state index in [9.17, 15) is 4.79 Å². The molecule has 0 aliphatic heterocycles. The molecule has 1 saturated carbocycles. The lowest BCUT2D eigenvalue weighted by Gasteiger charge is -2.21. The van der Waals surface area contributed by atoms with E-state index in [0.29, 0.717) is 23.5 Å². The summed E-state index contributed by atoms with van der Waals surface area (Å²) in [5.41, 5.74) is 2.30. The van der Waals surface area contributed by atoms with E-state index in [1.807, 2.05) is 24.3 Å². The number of aromatic nitrogens is 2. The SMILES string of the molecule is Cc1ccc(CNC(=O)c2nnc(CN(CCC(C)C)C3CC3)s2)cc1. The first-order valence-electron chi connectivity index (χ1n) is 9.41. The number of hydrogen-bond acceptors (Lipinski definition) is 5. The monoisotopic (exact) mass is 372 g/mol. The second-order valence-electron chi connectivity index (χ2n) is 7.55. The smallest absolute Gasteiger partial charge is 0.282 e. The molecule has 5 nitrogen and oxygen atoms in total. The molecule has 0 spiro atoms. The van der Waals surface area contributed by atoms with Crippen LogP contribution in [0.15, 0.2) is 24.3 Å². The number of aryl methyl sites for hydroxylation is 1. The van der Waals surface area contributed by atoms with Crippen LogP contribution in [0.5, 0.6) is 0 Å². The molecule has 140 valence electrons. The minimum Gasteiger partial charge on any atom is -0.346 e.